The molecule has 0 saturated carbocycles. The highest BCUT2D eigenvalue weighted by atomic mass is 19.1. The number of nitrogens with one attached hydrogen (secondary N) is 2. The number of carbonyl (C=O) groups is 3. The predicted octanol–water partition coefficient (Wildman–Crippen LogP) is 1.69. The van der Waals surface area contributed by atoms with Gasteiger partial charge in [-0.15, -0.1) is 6.58 Å². The highest BCUT2D eigenvalue weighted by molar-refractivity contribution is 6.00. The van der Waals surface area contributed by atoms with Crippen LogP contribution in [-0.2, 0) is 25.7 Å². The summed E-state index contributed by atoms with van der Waals surface area (Å²) in [7, 11) is 0. The fourth-order valence-corrected chi connectivity index (χ4v) is 4.95. The zero-order valence-corrected chi connectivity index (χ0v) is 18.4. The Morgan fingerprint density at radius 2 is 1.94 bits per heavy atom. The van der Waals surface area contributed by atoms with Crippen molar-refractivity contribution in [2.45, 2.75) is 50.6 Å². The fraction of sp³-hybridized carbons (Fsp3) is 0.458. The molecule has 3 amide bonds. The third kappa shape index (κ3) is 3.62. The summed E-state index contributed by atoms with van der Waals surface area (Å²) < 4.78 is 19.3. The first-order valence-corrected chi connectivity index (χ1v) is 10.7. The first-order chi connectivity index (χ1) is 15.1. The minimum atomic E-state index is -1.20. The molecular formula is C24H28FN3O4. The minimum Gasteiger partial charge on any atom is -0.359 e. The first kappa shape index (κ1) is 22.2. The van der Waals surface area contributed by atoms with Crippen molar-refractivity contribution in [3.05, 3.63) is 60.5 Å². The van der Waals surface area contributed by atoms with Crippen LogP contribution in [0.15, 0.2) is 49.1 Å². The van der Waals surface area contributed by atoms with Gasteiger partial charge in [0.25, 0.3) is 0 Å². The molecule has 3 aliphatic rings. The van der Waals surface area contributed by atoms with Crippen LogP contribution in [0.1, 0.15) is 26.3 Å². The maximum absolute atomic E-state index is 13.4. The van der Waals surface area contributed by atoms with Gasteiger partial charge in [0.05, 0.1) is 17.9 Å². The molecule has 8 heteroatoms. The molecule has 2 N–H and O–H groups in total. The van der Waals surface area contributed by atoms with Crippen LogP contribution in [0.2, 0.25) is 0 Å². The van der Waals surface area contributed by atoms with E-state index in [-0.39, 0.29) is 36.6 Å². The summed E-state index contributed by atoms with van der Waals surface area (Å²) in [5.41, 5.74) is -0.957. The molecular weight excluding hydrogens is 413 g/mol. The van der Waals surface area contributed by atoms with Crippen molar-refractivity contribution in [3.63, 3.8) is 0 Å². The van der Waals surface area contributed by atoms with E-state index < -0.39 is 35.1 Å². The number of nitrogens with zero attached hydrogens (tertiary/aromatic N) is 1. The molecule has 0 aliphatic carbocycles. The highest BCUT2D eigenvalue weighted by Gasteiger charge is 2.72. The summed E-state index contributed by atoms with van der Waals surface area (Å²) in [6.45, 7) is 9.68. The second kappa shape index (κ2) is 7.85. The van der Waals surface area contributed by atoms with Crippen LogP contribution in [0.5, 0.6) is 0 Å². The predicted molar refractivity (Wildman–Crippen MR) is 116 cm³/mol. The SMILES string of the molecule is C=CCN1C(=O)[C@H]2[C@@H](C(=O)NCc3ccc(F)cc3)[C@H]3C=C[C@@]2(O3)[C@H]1C(=O)NC(C)(C)C. The van der Waals surface area contributed by atoms with Crippen LogP contribution in [-0.4, -0.2) is 52.5 Å². The van der Waals surface area contributed by atoms with E-state index in [1.165, 1.54) is 17.0 Å². The van der Waals surface area contributed by atoms with Crippen LogP contribution in [0, 0.1) is 17.7 Å². The first-order valence-electron chi connectivity index (χ1n) is 10.7. The monoisotopic (exact) mass is 441 g/mol. The smallest absolute Gasteiger partial charge is 0.246 e. The van der Waals surface area contributed by atoms with Crippen molar-refractivity contribution < 1.29 is 23.5 Å². The van der Waals surface area contributed by atoms with Crippen molar-refractivity contribution >= 4 is 17.7 Å². The molecule has 2 bridgehead atoms. The minimum absolute atomic E-state index is 0.172. The molecule has 1 aromatic carbocycles. The molecule has 0 aromatic heterocycles. The lowest BCUT2D eigenvalue weighted by atomic mass is 9.74. The Kier molecular flexibility index (Phi) is 5.45. The molecule has 7 nitrogen and oxygen atoms in total. The molecule has 1 spiro atoms. The molecule has 3 heterocycles. The summed E-state index contributed by atoms with van der Waals surface area (Å²) in [6, 6.07) is 4.94. The molecule has 32 heavy (non-hydrogen) atoms. The second-order valence-electron chi connectivity index (χ2n) is 9.56. The third-order valence-corrected chi connectivity index (χ3v) is 6.13. The number of amides is 3. The van der Waals surface area contributed by atoms with Gasteiger partial charge in [-0.05, 0) is 38.5 Å². The van der Waals surface area contributed by atoms with Crippen LogP contribution < -0.4 is 10.6 Å². The number of fused-ring (bicyclic) bond motifs is 1. The maximum Gasteiger partial charge on any atom is 0.246 e. The van der Waals surface area contributed by atoms with Gasteiger partial charge < -0.3 is 20.3 Å². The lowest BCUT2D eigenvalue weighted by Crippen LogP contribution is -2.57. The molecule has 0 unspecified atom stereocenters. The van der Waals surface area contributed by atoms with Gasteiger partial charge in [0.2, 0.25) is 17.7 Å². The van der Waals surface area contributed by atoms with Crippen molar-refractivity contribution in [1.82, 2.24) is 15.5 Å². The Morgan fingerprint density at radius 1 is 1.25 bits per heavy atom. The Labute approximate surface area is 186 Å². The Hall–Kier alpha value is -3.00. The van der Waals surface area contributed by atoms with Gasteiger partial charge in [-0.2, -0.15) is 0 Å². The normalized spacial score (nSPS) is 30.4. The van der Waals surface area contributed by atoms with Gasteiger partial charge in [-0.3, -0.25) is 14.4 Å². The molecule has 5 atom stereocenters. The van der Waals surface area contributed by atoms with E-state index >= 15 is 0 Å². The summed E-state index contributed by atoms with van der Waals surface area (Å²) >= 11 is 0. The zero-order chi connectivity index (χ0) is 23.3. The van der Waals surface area contributed by atoms with Gasteiger partial charge in [-0.25, -0.2) is 4.39 Å². The third-order valence-electron chi connectivity index (χ3n) is 6.13. The van der Waals surface area contributed by atoms with Crippen molar-refractivity contribution in [2.24, 2.45) is 11.8 Å². The van der Waals surface area contributed by atoms with Crippen molar-refractivity contribution in [3.8, 4) is 0 Å². The lowest BCUT2D eigenvalue weighted by Gasteiger charge is -2.34. The van der Waals surface area contributed by atoms with E-state index in [0.717, 1.165) is 5.56 Å². The molecule has 0 radical (unpaired) electrons. The molecule has 170 valence electrons. The van der Waals surface area contributed by atoms with Crippen LogP contribution in [0.25, 0.3) is 0 Å². The van der Waals surface area contributed by atoms with E-state index in [1.54, 1.807) is 30.4 Å². The molecule has 3 aliphatic heterocycles. The highest BCUT2D eigenvalue weighted by Crippen LogP contribution is 2.55. The van der Waals surface area contributed by atoms with Gasteiger partial charge in [-0.1, -0.05) is 30.4 Å². The molecule has 1 aromatic rings. The number of benzene rings is 1. The topological polar surface area (TPSA) is 87.7 Å². The summed E-state index contributed by atoms with van der Waals surface area (Å²) in [4.78, 5) is 41.3. The number of halogens is 1. The Morgan fingerprint density at radius 3 is 2.56 bits per heavy atom. The number of likely N-dealkylation sites (tertiary alicyclic amines) is 1. The van der Waals surface area contributed by atoms with Crippen molar-refractivity contribution in [1.29, 1.82) is 0 Å². The molecule has 2 saturated heterocycles. The van der Waals surface area contributed by atoms with Gasteiger partial charge >= 0.3 is 0 Å². The maximum atomic E-state index is 13.4. The quantitative estimate of drug-likeness (QED) is 0.658. The second-order valence-corrected chi connectivity index (χ2v) is 9.56. The van der Waals surface area contributed by atoms with E-state index in [2.05, 4.69) is 17.2 Å². The fourth-order valence-electron chi connectivity index (χ4n) is 4.95. The number of hydrogen-bond donors (Lipinski definition) is 2. The number of rotatable bonds is 6. The molecule has 2 fully saturated rings. The lowest BCUT2D eigenvalue weighted by molar-refractivity contribution is -0.141. The summed E-state index contributed by atoms with van der Waals surface area (Å²) in [5.74, 6) is -2.87. The van der Waals surface area contributed by atoms with Gasteiger partial charge in [0, 0.05) is 18.6 Å². The van der Waals surface area contributed by atoms with Gasteiger partial charge in [0.15, 0.2) is 0 Å². The van der Waals surface area contributed by atoms with Crippen LogP contribution >= 0.6 is 0 Å². The Bertz CT molecular complexity index is 984. The van der Waals surface area contributed by atoms with Crippen molar-refractivity contribution in [2.75, 3.05) is 6.54 Å². The van der Waals surface area contributed by atoms with E-state index in [0.29, 0.717) is 0 Å². The average molecular weight is 442 g/mol. The van der Waals surface area contributed by atoms with Gasteiger partial charge in [0.1, 0.15) is 17.5 Å². The number of carbonyl (C=O) groups excluding carboxylic acids is 3. The van der Waals surface area contributed by atoms with E-state index in [1.807, 2.05) is 20.8 Å². The number of hydrogen-bond acceptors (Lipinski definition) is 4. The van der Waals surface area contributed by atoms with Crippen LogP contribution in [0.3, 0.4) is 0 Å². The van der Waals surface area contributed by atoms with E-state index in [9.17, 15) is 18.8 Å². The summed E-state index contributed by atoms with van der Waals surface area (Å²) in [6.07, 6.45) is 4.50. The summed E-state index contributed by atoms with van der Waals surface area (Å²) in [5, 5.41) is 5.78. The zero-order valence-electron chi connectivity index (χ0n) is 18.4. The largest absolute Gasteiger partial charge is 0.359 e. The standard InChI is InChI=1S/C24H28FN3O4/c1-5-12-28-19(21(30)27-23(2,3)4)24-11-10-16(32-24)17(18(24)22(28)31)20(29)26-13-14-6-8-15(25)9-7-14/h5-11,16-19H,1,12-13H2,2-4H3,(H,26,29)(H,27,30)/t16-,17+,18-,19-,24+/m1/s1. The Balaban J connectivity index is 1.60. The number of ether oxygens (including phenoxy) is 1. The van der Waals surface area contributed by atoms with Crippen LogP contribution in [0.4, 0.5) is 4.39 Å². The molecule has 4 rings (SSSR count). The van der Waals surface area contributed by atoms with E-state index in [4.69, 9.17) is 4.74 Å². The average Bonchev–Trinajstić information content (AvgIpc) is 3.34.